The molecular weight excluding hydrogens is 344 g/mol. The second-order valence-corrected chi connectivity index (χ2v) is 7.41. The summed E-state index contributed by atoms with van der Waals surface area (Å²) in [6, 6.07) is 8.45. The molecule has 1 amide bonds. The molecule has 3 atom stereocenters. The van der Waals surface area contributed by atoms with Crippen LogP contribution in [0.4, 0.5) is 0 Å². The first-order valence-corrected chi connectivity index (χ1v) is 9.26. The highest BCUT2D eigenvalue weighted by atomic mass is 32.2. The average molecular weight is 366 g/mol. The standard InChI is InChI=1S/C17H22N2O5S/c1-12(16(20)18-9-5-8-14(18)17(21)22)11-25-15(10-19(23)24)13-6-3-2-4-7-13/h2-4,6-7,12,14-15H,5,8-11H2,1H3,(H,21,22)/t12-,14-,15?/m0/s1. The fourth-order valence-electron chi connectivity index (χ4n) is 2.96. The number of carboxylic acids is 1. The summed E-state index contributed by atoms with van der Waals surface area (Å²) in [5, 5.41) is 19.8. The van der Waals surface area contributed by atoms with Gasteiger partial charge in [0.15, 0.2) is 0 Å². The predicted molar refractivity (Wildman–Crippen MR) is 95.0 cm³/mol. The van der Waals surface area contributed by atoms with Gasteiger partial charge in [0.1, 0.15) is 6.04 Å². The lowest BCUT2D eigenvalue weighted by atomic mass is 10.1. The van der Waals surface area contributed by atoms with Crippen LogP contribution in [0.3, 0.4) is 0 Å². The molecule has 0 spiro atoms. The van der Waals surface area contributed by atoms with E-state index in [0.717, 1.165) is 5.56 Å². The van der Waals surface area contributed by atoms with E-state index in [4.69, 9.17) is 0 Å². The summed E-state index contributed by atoms with van der Waals surface area (Å²) in [5.41, 5.74) is 0.855. The molecule has 1 heterocycles. The minimum absolute atomic E-state index is 0.190. The van der Waals surface area contributed by atoms with Gasteiger partial charge in [0.05, 0.1) is 5.25 Å². The molecule has 1 saturated heterocycles. The van der Waals surface area contributed by atoms with Gasteiger partial charge in [-0.2, -0.15) is 0 Å². The zero-order valence-corrected chi connectivity index (χ0v) is 14.9. The van der Waals surface area contributed by atoms with Crippen LogP contribution in [0.1, 0.15) is 30.6 Å². The van der Waals surface area contributed by atoms with Crippen molar-refractivity contribution >= 4 is 23.6 Å². The number of aliphatic carboxylic acids is 1. The van der Waals surface area contributed by atoms with E-state index in [0.29, 0.717) is 25.1 Å². The highest BCUT2D eigenvalue weighted by molar-refractivity contribution is 7.99. The van der Waals surface area contributed by atoms with Gasteiger partial charge in [-0.1, -0.05) is 37.3 Å². The number of carbonyl (C=O) groups excluding carboxylic acids is 1. The molecule has 1 N–H and O–H groups in total. The quantitative estimate of drug-likeness (QED) is 0.560. The normalized spacial score (nSPS) is 19.4. The number of amides is 1. The first-order valence-electron chi connectivity index (χ1n) is 8.21. The van der Waals surface area contributed by atoms with E-state index >= 15 is 0 Å². The molecule has 0 aliphatic carbocycles. The van der Waals surface area contributed by atoms with E-state index in [1.807, 2.05) is 30.3 Å². The third-order valence-electron chi connectivity index (χ3n) is 4.28. The van der Waals surface area contributed by atoms with Gasteiger partial charge in [0, 0.05) is 23.1 Å². The SMILES string of the molecule is C[C@@H](CSC(C[N+](=O)[O-])c1ccccc1)C(=O)N1CCC[C@H]1C(=O)O. The van der Waals surface area contributed by atoms with Crippen LogP contribution < -0.4 is 0 Å². The summed E-state index contributed by atoms with van der Waals surface area (Å²) in [7, 11) is 0. The maximum absolute atomic E-state index is 12.5. The van der Waals surface area contributed by atoms with E-state index in [9.17, 15) is 24.8 Å². The third-order valence-corrected chi connectivity index (χ3v) is 5.79. The highest BCUT2D eigenvalue weighted by Gasteiger charge is 2.36. The topological polar surface area (TPSA) is 101 Å². The van der Waals surface area contributed by atoms with Crippen LogP contribution in [-0.4, -0.2) is 51.7 Å². The lowest BCUT2D eigenvalue weighted by Gasteiger charge is -2.25. The van der Waals surface area contributed by atoms with Crippen LogP contribution >= 0.6 is 11.8 Å². The number of thioether (sulfide) groups is 1. The fraction of sp³-hybridized carbons (Fsp3) is 0.529. The lowest BCUT2D eigenvalue weighted by molar-refractivity contribution is -0.479. The Morgan fingerprint density at radius 2 is 2.08 bits per heavy atom. The number of likely N-dealkylation sites (tertiary alicyclic amines) is 1. The number of rotatable bonds is 8. The number of benzene rings is 1. The second kappa shape index (κ2) is 8.84. The molecule has 136 valence electrons. The van der Waals surface area contributed by atoms with E-state index in [1.165, 1.54) is 16.7 Å². The number of hydrogen-bond acceptors (Lipinski definition) is 5. The number of hydrogen-bond donors (Lipinski definition) is 1. The fourth-order valence-corrected chi connectivity index (χ4v) is 4.20. The van der Waals surface area contributed by atoms with E-state index < -0.39 is 12.0 Å². The minimum atomic E-state index is -0.971. The van der Waals surface area contributed by atoms with Gasteiger partial charge in [-0.3, -0.25) is 14.9 Å². The molecule has 2 rings (SSSR count). The molecule has 25 heavy (non-hydrogen) atoms. The Morgan fingerprint density at radius 1 is 1.40 bits per heavy atom. The van der Waals surface area contributed by atoms with Gasteiger partial charge in [-0.25, -0.2) is 4.79 Å². The number of carbonyl (C=O) groups is 2. The van der Waals surface area contributed by atoms with Crippen LogP contribution in [-0.2, 0) is 9.59 Å². The van der Waals surface area contributed by atoms with Crippen molar-refractivity contribution in [3.8, 4) is 0 Å². The Bertz CT molecular complexity index is 625. The minimum Gasteiger partial charge on any atom is -0.480 e. The Labute approximate surface area is 150 Å². The molecule has 0 bridgehead atoms. The van der Waals surface area contributed by atoms with Gasteiger partial charge >= 0.3 is 5.97 Å². The maximum atomic E-state index is 12.5. The van der Waals surface area contributed by atoms with Crippen molar-refractivity contribution in [3.05, 3.63) is 46.0 Å². The zero-order valence-electron chi connectivity index (χ0n) is 14.0. The Hall–Kier alpha value is -2.09. The predicted octanol–water partition coefficient (Wildman–Crippen LogP) is 2.45. The maximum Gasteiger partial charge on any atom is 0.326 e. The summed E-state index contributed by atoms with van der Waals surface area (Å²) in [4.78, 5) is 35.8. The van der Waals surface area contributed by atoms with E-state index in [2.05, 4.69) is 0 Å². The molecule has 0 saturated carbocycles. The van der Waals surface area contributed by atoms with Crippen molar-refractivity contribution in [2.45, 2.75) is 31.1 Å². The van der Waals surface area contributed by atoms with Gasteiger partial charge in [-0.05, 0) is 18.4 Å². The molecule has 1 unspecified atom stereocenters. The molecule has 1 aliphatic rings. The second-order valence-electron chi connectivity index (χ2n) is 6.18. The van der Waals surface area contributed by atoms with Gasteiger partial charge in [0.25, 0.3) is 0 Å². The highest BCUT2D eigenvalue weighted by Crippen LogP contribution is 2.31. The van der Waals surface area contributed by atoms with Crippen molar-refractivity contribution in [2.75, 3.05) is 18.8 Å². The molecule has 8 heteroatoms. The molecule has 0 aromatic heterocycles. The zero-order chi connectivity index (χ0) is 18.4. The van der Waals surface area contributed by atoms with Crippen LogP contribution in [0.25, 0.3) is 0 Å². The molecule has 1 aromatic carbocycles. The first-order chi connectivity index (χ1) is 11.9. The van der Waals surface area contributed by atoms with Gasteiger partial charge in [-0.15, -0.1) is 11.8 Å². The largest absolute Gasteiger partial charge is 0.480 e. The molecular formula is C17H22N2O5S. The van der Waals surface area contributed by atoms with Crippen molar-refractivity contribution in [3.63, 3.8) is 0 Å². The van der Waals surface area contributed by atoms with Crippen molar-refractivity contribution < 1.29 is 19.6 Å². The molecule has 1 aliphatic heterocycles. The Morgan fingerprint density at radius 3 is 2.68 bits per heavy atom. The summed E-state index contributed by atoms with van der Waals surface area (Å²) in [6.45, 7) is 2.00. The number of nitrogens with zero attached hydrogens (tertiary/aromatic N) is 2. The number of carboxylic acid groups (broad SMARTS) is 1. The average Bonchev–Trinajstić information content (AvgIpc) is 3.08. The molecule has 7 nitrogen and oxygen atoms in total. The molecule has 1 fully saturated rings. The van der Waals surface area contributed by atoms with Crippen LogP contribution in [0.5, 0.6) is 0 Å². The van der Waals surface area contributed by atoms with Crippen molar-refractivity contribution in [1.29, 1.82) is 0 Å². The van der Waals surface area contributed by atoms with Gasteiger partial charge in [0.2, 0.25) is 12.5 Å². The monoisotopic (exact) mass is 366 g/mol. The Balaban J connectivity index is 1.98. The third kappa shape index (κ3) is 5.19. The first kappa shape index (κ1) is 19.2. The lowest BCUT2D eigenvalue weighted by Crippen LogP contribution is -2.43. The molecule has 0 radical (unpaired) electrons. The smallest absolute Gasteiger partial charge is 0.326 e. The summed E-state index contributed by atoms with van der Waals surface area (Å²) in [5.74, 6) is -1.14. The summed E-state index contributed by atoms with van der Waals surface area (Å²) < 4.78 is 0. The van der Waals surface area contributed by atoms with Crippen molar-refractivity contribution in [2.24, 2.45) is 5.92 Å². The summed E-state index contributed by atoms with van der Waals surface area (Å²) >= 11 is 1.37. The van der Waals surface area contributed by atoms with Crippen LogP contribution in [0, 0.1) is 16.0 Å². The van der Waals surface area contributed by atoms with Crippen LogP contribution in [0.15, 0.2) is 30.3 Å². The van der Waals surface area contributed by atoms with Crippen LogP contribution in [0.2, 0.25) is 0 Å². The van der Waals surface area contributed by atoms with Crippen molar-refractivity contribution in [1.82, 2.24) is 4.90 Å². The summed E-state index contributed by atoms with van der Waals surface area (Å²) in [6.07, 6.45) is 1.17. The van der Waals surface area contributed by atoms with Gasteiger partial charge < -0.3 is 10.0 Å². The van der Waals surface area contributed by atoms with E-state index in [-0.39, 0.29) is 28.5 Å². The van der Waals surface area contributed by atoms with E-state index in [1.54, 1.807) is 6.92 Å². The number of nitro groups is 1. The molecule has 1 aromatic rings. The Kier molecular flexibility index (Phi) is 6.81.